The third-order valence-electron chi connectivity index (χ3n) is 3.24. The monoisotopic (exact) mass is 345 g/mol. The van der Waals surface area contributed by atoms with E-state index in [0.717, 1.165) is 0 Å². The molecule has 0 saturated heterocycles. The van der Waals surface area contributed by atoms with E-state index >= 15 is 0 Å². The second kappa shape index (κ2) is 6.80. The summed E-state index contributed by atoms with van der Waals surface area (Å²) in [6, 6.07) is 0. The topological polar surface area (TPSA) is 81.8 Å². The molecule has 1 atom stereocenters. The van der Waals surface area contributed by atoms with E-state index in [2.05, 4.69) is 14.9 Å². The first-order valence-corrected chi connectivity index (χ1v) is 8.89. The zero-order chi connectivity index (χ0) is 16.3. The Balaban J connectivity index is 1.98. The van der Waals surface area contributed by atoms with Crippen LogP contribution in [0.25, 0.3) is 0 Å². The van der Waals surface area contributed by atoms with Crippen LogP contribution in [-0.4, -0.2) is 34.5 Å². The molecule has 0 spiro atoms. The smallest absolute Gasteiger partial charge is 0.243 e. The molecule has 2 rings (SSSR count). The number of nitrogens with one attached hydrogen (secondary N) is 1. The fourth-order valence-corrected chi connectivity index (χ4v) is 3.58. The van der Waals surface area contributed by atoms with Crippen LogP contribution in [0, 0.1) is 12.8 Å². The van der Waals surface area contributed by atoms with Crippen LogP contribution in [0.5, 0.6) is 0 Å². The lowest BCUT2D eigenvalue weighted by Crippen LogP contribution is -2.30. The molecule has 7 nitrogen and oxygen atoms in total. The van der Waals surface area contributed by atoms with E-state index in [1.165, 1.54) is 0 Å². The summed E-state index contributed by atoms with van der Waals surface area (Å²) in [5.74, 6) is 0.0762. The molecular weight excluding hydrogens is 326 g/mol. The van der Waals surface area contributed by atoms with E-state index in [-0.39, 0.29) is 10.8 Å². The predicted octanol–water partition coefficient (Wildman–Crippen LogP) is 1.68. The number of hydrogen-bond acceptors (Lipinski definition) is 4. The molecule has 2 heterocycles. The van der Waals surface area contributed by atoms with E-state index in [1.54, 1.807) is 34.9 Å². The third kappa shape index (κ3) is 4.08. The van der Waals surface area contributed by atoms with Gasteiger partial charge in [0.25, 0.3) is 0 Å². The van der Waals surface area contributed by atoms with Gasteiger partial charge in [-0.15, -0.1) is 0 Å². The molecule has 0 fully saturated rings. The summed E-state index contributed by atoms with van der Waals surface area (Å²) in [5.41, 5.74) is 0.501. The Labute approximate surface area is 135 Å². The van der Waals surface area contributed by atoms with Gasteiger partial charge in [0, 0.05) is 32.0 Å². The predicted molar refractivity (Wildman–Crippen MR) is 84.2 cm³/mol. The number of rotatable bonds is 7. The standard InChI is InChI=1S/C13H20ClN5O2S/c1-4-18-9-13(11(3)17-18)22(20,21)16-5-10(2)7-19-8-12(14)6-15-19/h6,8-10,16H,4-5,7H2,1-3H3. The van der Waals surface area contributed by atoms with Gasteiger partial charge in [-0.25, -0.2) is 13.1 Å². The molecule has 1 unspecified atom stereocenters. The summed E-state index contributed by atoms with van der Waals surface area (Å²) < 4.78 is 30.6. The van der Waals surface area contributed by atoms with E-state index in [9.17, 15) is 8.42 Å². The minimum atomic E-state index is -3.55. The van der Waals surface area contributed by atoms with Crippen LogP contribution in [0.1, 0.15) is 19.5 Å². The van der Waals surface area contributed by atoms with Crippen molar-refractivity contribution in [1.29, 1.82) is 0 Å². The van der Waals surface area contributed by atoms with Crippen LogP contribution in [0.15, 0.2) is 23.5 Å². The molecule has 122 valence electrons. The summed E-state index contributed by atoms with van der Waals surface area (Å²) in [6.45, 7) is 7.08. The maximum absolute atomic E-state index is 12.3. The summed E-state index contributed by atoms with van der Waals surface area (Å²) in [6.07, 6.45) is 4.82. The van der Waals surface area contributed by atoms with Crippen LogP contribution >= 0.6 is 11.6 Å². The van der Waals surface area contributed by atoms with Gasteiger partial charge in [-0.05, 0) is 19.8 Å². The second-order valence-corrected chi connectivity index (χ2v) is 7.44. The maximum atomic E-state index is 12.3. The van der Waals surface area contributed by atoms with Crippen LogP contribution < -0.4 is 4.72 Å². The Morgan fingerprint density at radius 3 is 2.64 bits per heavy atom. The van der Waals surface area contributed by atoms with Gasteiger partial charge >= 0.3 is 0 Å². The lowest BCUT2D eigenvalue weighted by Gasteiger charge is -2.12. The molecule has 1 N–H and O–H groups in total. The Bertz CT molecular complexity index is 737. The minimum Gasteiger partial charge on any atom is -0.271 e. The van der Waals surface area contributed by atoms with Gasteiger partial charge in [0.1, 0.15) is 4.90 Å². The summed E-state index contributed by atoms with van der Waals surface area (Å²) in [5, 5.41) is 8.81. The van der Waals surface area contributed by atoms with Gasteiger partial charge in [-0.3, -0.25) is 9.36 Å². The molecule has 2 aromatic rings. The van der Waals surface area contributed by atoms with Crippen molar-refractivity contribution in [3.63, 3.8) is 0 Å². The van der Waals surface area contributed by atoms with Crippen LogP contribution in [0.2, 0.25) is 5.02 Å². The van der Waals surface area contributed by atoms with Crippen molar-refractivity contribution in [2.24, 2.45) is 5.92 Å². The molecule has 0 saturated carbocycles. The van der Waals surface area contributed by atoms with E-state index < -0.39 is 10.0 Å². The average Bonchev–Trinajstić information content (AvgIpc) is 3.03. The number of halogens is 1. The number of hydrogen-bond donors (Lipinski definition) is 1. The Hall–Kier alpha value is -1.38. The largest absolute Gasteiger partial charge is 0.271 e. The molecule has 0 aliphatic rings. The van der Waals surface area contributed by atoms with Crippen molar-refractivity contribution in [3.05, 3.63) is 29.3 Å². The fraction of sp³-hybridized carbons (Fsp3) is 0.538. The van der Waals surface area contributed by atoms with Gasteiger partial charge in [0.2, 0.25) is 10.0 Å². The van der Waals surface area contributed by atoms with Gasteiger partial charge in [-0.1, -0.05) is 18.5 Å². The molecule has 2 aromatic heterocycles. The lowest BCUT2D eigenvalue weighted by atomic mass is 10.2. The van der Waals surface area contributed by atoms with Crippen molar-refractivity contribution < 1.29 is 8.42 Å². The lowest BCUT2D eigenvalue weighted by molar-refractivity contribution is 0.443. The zero-order valence-corrected chi connectivity index (χ0v) is 14.4. The van der Waals surface area contributed by atoms with Crippen molar-refractivity contribution in [2.45, 2.75) is 38.8 Å². The average molecular weight is 346 g/mol. The molecule has 9 heteroatoms. The minimum absolute atomic E-state index is 0.0762. The molecular formula is C13H20ClN5O2S. The Kier molecular flexibility index (Phi) is 5.25. The summed E-state index contributed by atoms with van der Waals surface area (Å²) >= 11 is 5.80. The van der Waals surface area contributed by atoms with Gasteiger partial charge in [-0.2, -0.15) is 10.2 Å². The van der Waals surface area contributed by atoms with Crippen molar-refractivity contribution in [3.8, 4) is 0 Å². The SMILES string of the molecule is CCn1cc(S(=O)(=O)NCC(C)Cn2cc(Cl)cn2)c(C)n1. The molecule has 0 radical (unpaired) electrons. The molecule has 0 aromatic carbocycles. The van der Waals surface area contributed by atoms with Gasteiger partial charge < -0.3 is 0 Å². The van der Waals surface area contributed by atoms with Crippen LogP contribution in [0.4, 0.5) is 0 Å². The van der Waals surface area contributed by atoms with Crippen molar-refractivity contribution >= 4 is 21.6 Å². The van der Waals surface area contributed by atoms with Crippen molar-refractivity contribution in [1.82, 2.24) is 24.3 Å². The zero-order valence-electron chi connectivity index (χ0n) is 12.8. The number of sulfonamides is 1. The number of nitrogens with zero attached hydrogens (tertiary/aromatic N) is 4. The maximum Gasteiger partial charge on any atom is 0.243 e. The van der Waals surface area contributed by atoms with E-state index in [0.29, 0.717) is 30.4 Å². The molecule has 0 aliphatic heterocycles. The normalized spacial score (nSPS) is 13.5. The van der Waals surface area contributed by atoms with Crippen molar-refractivity contribution in [2.75, 3.05) is 6.54 Å². The molecule has 0 bridgehead atoms. The van der Waals surface area contributed by atoms with Crippen LogP contribution in [-0.2, 0) is 23.1 Å². The number of aromatic nitrogens is 4. The first-order valence-electron chi connectivity index (χ1n) is 7.03. The fourth-order valence-electron chi connectivity index (χ4n) is 2.08. The second-order valence-electron chi connectivity index (χ2n) is 5.27. The Morgan fingerprint density at radius 1 is 1.36 bits per heavy atom. The highest BCUT2D eigenvalue weighted by molar-refractivity contribution is 7.89. The highest BCUT2D eigenvalue weighted by atomic mass is 35.5. The highest BCUT2D eigenvalue weighted by Crippen LogP contribution is 2.14. The Morgan fingerprint density at radius 2 is 2.09 bits per heavy atom. The summed E-state index contributed by atoms with van der Waals surface area (Å²) in [7, 11) is -3.55. The first kappa shape index (κ1) is 17.0. The number of aryl methyl sites for hydroxylation is 2. The first-order chi connectivity index (χ1) is 10.3. The summed E-state index contributed by atoms with van der Waals surface area (Å²) in [4.78, 5) is 0.226. The highest BCUT2D eigenvalue weighted by Gasteiger charge is 2.20. The third-order valence-corrected chi connectivity index (χ3v) is 4.96. The molecule has 22 heavy (non-hydrogen) atoms. The molecule has 0 amide bonds. The van der Waals surface area contributed by atoms with E-state index in [4.69, 9.17) is 11.6 Å². The van der Waals surface area contributed by atoms with Gasteiger partial charge in [0.15, 0.2) is 0 Å². The molecule has 0 aliphatic carbocycles. The van der Waals surface area contributed by atoms with Crippen LogP contribution in [0.3, 0.4) is 0 Å². The quantitative estimate of drug-likeness (QED) is 0.827. The van der Waals surface area contributed by atoms with E-state index in [1.807, 2.05) is 13.8 Å². The van der Waals surface area contributed by atoms with Gasteiger partial charge in [0.05, 0.1) is 16.9 Å².